The van der Waals surface area contributed by atoms with Crippen LogP contribution in [0.1, 0.15) is 27.5 Å². The topological polar surface area (TPSA) is 76.8 Å². The highest BCUT2D eigenvalue weighted by Gasteiger charge is 2.48. The van der Waals surface area contributed by atoms with Gasteiger partial charge in [0.1, 0.15) is 11.5 Å². The zero-order valence-corrected chi connectivity index (χ0v) is 15.8. The molecule has 1 unspecified atom stereocenters. The van der Waals surface area contributed by atoms with Crippen molar-refractivity contribution < 1.29 is 27.4 Å². The number of hydrogen-bond acceptors (Lipinski definition) is 5. The van der Waals surface area contributed by atoms with Gasteiger partial charge in [0.25, 0.3) is 5.91 Å². The van der Waals surface area contributed by atoms with Crippen molar-refractivity contribution in [1.29, 1.82) is 0 Å². The first-order chi connectivity index (χ1) is 13.8. The highest BCUT2D eigenvalue weighted by molar-refractivity contribution is 6.02. The van der Waals surface area contributed by atoms with Crippen molar-refractivity contribution >= 4 is 5.91 Å². The molecule has 154 valence electrons. The lowest BCUT2D eigenvalue weighted by molar-refractivity contribution is -0.137. The molecule has 1 fully saturated rings. The van der Waals surface area contributed by atoms with Gasteiger partial charge in [-0.05, 0) is 35.4 Å². The average molecular weight is 407 g/mol. The van der Waals surface area contributed by atoms with Gasteiger partial charge in [-0.15, -0.1) is 0 Å². The van der Waals surface area contributed by atoms with Gasteiger partial charge in [0, 0.05) is 24.7 Å². The molecular weight excluding hydrogens is 387 g/mol. The monoisotopic (exact) mass is 407 g/mol. The Morgan fingerprint density at radius 3 is 2.59 bits per heavy atom. The van der Waals surface area contributed by atoms with E-state index in [1.165, 1.54) is 19.1 Å². The summed E-state index contributed by atoms with van der Waals surface area (Å²) in [6, 6.07) is 6.82. The standard InChI is InChI=1S/C20H20F3N3O3/c1-28-11-3-4-12(15(9-11)29-2)10-7-13-16(14(8-10)20(21,22)23)19(27)26-6-5-25-18(24)17(13)26/h3-4,7-9,17-18,25H,5-6,24H2,1-2H3/t17?,18-/m1/s1. The second kappa shape index (κ2) is 6.93. The number of ether oxygens (including phenoxy) is 2. The summed E-state index contributed by atoms with van der Waals surface area (Å²) in [7, 11) is 2.92. The van der Waals surface area contributed by atoms with Crippen molar-refractivity contribution in [2.24, 2.45) is 5.73 Å². The number of carbonyl (C=O) groups is 1. The minimum Gasteiger partial charge on any atom is -0.497 e. The molecule has 4 rings (SSSR count). The van der Waals surface area contributed by atoms with Crippen LogP contribution in [0.25, 0.3) is 11.1 Å². The van der Waals surface area contributed by atoms with Crippen LogP contribution in [0.15, 0.2) is 30.3 Å². The Morgan fingerprint density at radius 2 is 1.93 bits per heavy atom. The number of alkyl halides is 3. The molecule has 2 aromatic rings. The van der Waals surface area contributed by atoms with E-state index in [1.807, 2.05) is 0 Å². The number of rotatable bonds is 3. The van der Waals surface area contributed by atoms with Crippen LogP contribution in [0, 0.1) is 0 Å². The minimum atomic E-state index is -4.69. The predicted octanol–water partition coefficient (Wildman–Crippen LogP) is 2.77. The number of nitrogens with two attached hydrogens (primary N) is 1. The van der Waals surface area contributed by atoms with E-state index in [2.05, 4.69) is 5.32 Å². The van der Waals surface area contributed by atoms with Gasteiger partial charge in [-0.1, -0.05) is 0 Å². The largest absolute Gasteiger partial charge is 0.497 e. The maximum absolute atomic E-state index is 13.9. The number of benzene rings is 2. The highest BCUT2D eigenvalue weighted by Crippen LogP contribution is 2.46. The summed E-state index contributed by atoms with van der Waals surface area (Å²) in [6.07, 6.45) is -5.34. The smallest absolute Gasteiger partial charge is 0.417 e. The van der Waals surface area contributed by atoms with E-state index in [4.69, 9.17) is 15.2 Å². The van der Waals surface area contributed by atoms with Gasteiger partial charge in [0.15, 0.2) is 0 Å². The lowest BCUT2D eigenvalue weighted by atomic mass is 9.91. The van der Waals surface area contributed by atoms with Crippen molar-refractivity contribution in [3.05, 3.63) is 47.0 Å². The molecule has 0 aliphatic carbocycles. The van der Waals surface area contributed by atoms with Gasteiger partial charge in [-0.2, -0.15) is 13.2 Å². The zero-order chi connectivity index (χ0) is 20.9. The van der Waals surface area contributed by atoms with Crippen molar-refractivity contribution in [1.82, 2.24) is 10.2 Å². The third-order valence-corrected chi connectivity index (χ3v) is 5.40. The summed E-state index contributed by atoms with van der Waals surface area (Å²) in [5.74, 6) is 0.245. The van der Waals surface area contributed by atoms with Crippen LogP contribution in [-0.4, -0.2) is 44.3 Å². The molecule has 9 heteroatoms. The Morgan fingerprint density at radius 1 is 1.17 bits per heavy atom. The molecule has 1 amide bonds. The lowest BCUT2D eigenvalue weighted by Crippen LogP contribution is -2.55. The summed E-state index contributed by atoms with van der Waals surface area (Å²) >= 11 is 0. The SMILES string of the molecule is COc1ccc(-c2cc3c(c(C(F)(F)F)c2)C(=O)N2CCN[C@@H](N)C32)c(OC)c1. The van der Waals surface area contributed by atoms with E-state index in [0.29, 0.717) is 35.7 Å². The molecule has 0 aromatic heterocycles. The van der Waals surface area contributed by atoms with E-state index in [1.54, 1.807) is 24.3 Å². The first-order valence-electron chi connectivity index (χ1n) is 9.03. The van der Waals surface area contributed by atoms with E-state index < -0.39 is 29.9 Å². The Labute approximate surface area is 165 Å². The van der Waals surface area contributed by atoms with Gasteiger partial charge >= 0.3 is 6.18 Å². The van der Waals surface area contributed by atoms with Gasteiger partial charge in [0.05, 0.1) is 37.6 Å². The van der Waals surface area contributed by atoms with Crippen molar-refractivity contribution in [2.75, 3.05) is 27.3 Å². The molecule has 3 N–H and O–H groups in total. The lowest BCUT2D eigenvalue weighted by Gasteiger charge is -2.35. The van der Waals surface area contributed by atoms with E-state index in [0.717, 1.165) is 6.07 Å². The average Bonchev–Trinajstić information content (AvgIpc) is 2.99. The number of halogens is 3. The van der Waals surface area contributed by atoms with Crippen LogP contribution >= 0.6 is 0 Å². The van der Waals surface area contributed by atoms with E-state index in [9.17, 15) is 18.0 Å². The molecule has 2 aromatic carbocycles. The summed E-state index contributed by atoms with van der Waals surface area (Å²) in [5, 5.41) is 3.03. The molecule has 29 heavy (non-hydrogen) atoms. The molecule has 2 aliphatic rings. The van der Waals surface area contributed by atoms with Crippen molar-refractivity contribution in [2.45, 2.75) is 18.4 Å². The number of methoxy groups -OCH3 is 2. The number of nitrogens with one attached hydrogen (secondary N) is 1. The Balaban J connectivity index is 1.96. The fourth-order valence-electron chi connectivity index (χ4n) is 4.08. The first-order valence-corrected chi connectivity index (χ1v) is 9.03. The second-order valence-electron chi connectivity index (χ2n) is 6.98. The molecule has 2 atom stereocenters. The van der Waals surface area contributed by atoms with Crippen LogP contribution in [0.4, 0.5) is 13.2 Å². The van der Waals surface area contributed by atoms with Crippen LogP contribution in [-0.2, 0) is 6.18 Å². The van der Waals surface area contributed by atoms with E-state index >= 15 is 0 Å². The van der Waals surface area contributed by atoms with Gasteiger partial charge in [-0.25, -0.2) is 0 Å². The van der Waals surface area contributed by atoms with Gasteiger partial charge in [-0.3, -0.25) is 10.1 Å². The molecule has 2 aliphatic heterocycles. The number of nitrogens with zero attached hydrogens (tertiary/aromatic N) is 1. The fraction of sp³-hybridized carbons (Fsp3) is 0.350. The van der Waals surface area contributed by atoms with Gasteiger partial charge < -0.3 is 20.1 Å². The summed E-state index contributed by atoms with van der Waals surface area (Å²) in [6.45, 7) is 0.724. The number of hydrogen-bond donors (Lipinski definition) is 2. The molecule has 0 radical (unpaired) electrons. The van der Waals surface area contributed by atoms with Crippen LogP contribution in [0.5, 0.6) is 11.5 Å². The summed E-state index contributed by atoms with van der Waals surface area (Å²) in [5.41, 5.74) is 5.86. The number of amides is 1. The normalized spacial score (nSPS) is 21.0. The summed E-state index contributed by atoms with van der Waals surface area (Å²) in [4.78, 5) is 14.2. The quantitative estimate of drug-likeness (QED) is 0.818. The highest BCUT2D eigenvalue weighted by atomic mass is 19.4. The minimum absolute atomic E-state index is 0.275. The van der Waals surface area contributed by atoms with Crippen LogP contribution in [0.2, 0.25) is 0 Å². The van der Waals surface area contributed by atoms with Crippen molar-refractivity contribution in [3.63, 3.8) is 0 Å². The summed E-state index contributed by atoms with van der Waals surface area (Å²) < 4.78 is 52.3. The molecule has 6 nitrogen and oxygen atoms in total. The Kier molecular flexibility index (Phi) is 4.66. The molecular formula is C20H20F3N3O3. The molecule has 2 heterocycles. The van der Waals surface area contributed by atoms with Crippen molar-refractivity contribution in [3.8, 4) is 22.6 Å². The number of piperazine rings is 1. The Hall–Kier alpha value is -2.78. The number of carbonyl (C=O) groups excluding carboxylic acids is 1. The Bertz CT molecular complexity index is 977. The third kappa shape index (κ3) is 3.10. The molecule has 1 saturated heterocycles. The maximum atomic E-state index is 13.9. The maximum Gasteiger partial charge on any atom is 0.417 e. The molecule has 0 spiro atoms. The molecule has 0 bridgehead atoms. The predicted molar refractivity (Wildman–Crippen MR) is 99.7 cm³/mol. The van der Waals surface area contributed by atoms with Crippen LogP contribution in [0.3, 0.4) is 0 Å². The number of fused-ring (bicyclic) bond motifs is 3. The molecule has 0 saturated carbocycles. The first kappa shape index (κ1) is 19.5. The zero-order valence-electron chi connectivity index (χ0n) is 15.8. The second-order valence-corrected chi connectivity index (χ2v) is 6.98. The van der Waals surface area contributed by atoms with Crippen LogP contribution < -0.4 is 20.5 Å². The third-order valence-electron chi connectivity index (χ3n) is 5.40. The fourth-order valence-corrected chi connectivity index (χ4v) is 4.08. The van der Waals surface area contributed by atoms with Gasteiger partial charge in [0.2, 0.25) is 0 Å². The van der Waals surface area contributed by atoms with E-state index in [-0.39, 0.29) is 11.1 Å².